The highest BCUT2D eigenvalue weighted by Crippen LogP contribution is 2.23. The van der Waals surface area contributed by atoms with E-state index in [1.807, 2.05) is 0 Å². The number of carbonyl (C=O) groups is 1. The van der Waals surface area contributed by atoms with Crippen molar-refractivity contribution in [2.45, 2.75) is 13.0 Å². The SMILES string of the molecule is CC(C(=O)Nc1cc(Cl)cc(Cl)c1)n1cc(Br)ccc1=O. The van der Waals surface area contributed by atoms with Crippen LogP contribution in [0.3, 0.4) is 0 Å². The number of amides is 1. The van der Waals surface area contributed by atoms with Gasteiger partial charge in [0.15, 0.2) is 0 Å². The molecule has 0 saturated carbocycles. The average molecular weight is 390 g/mol. The fourth-order valence-electron chi connectivity index (χ4n) is 1.78. The highest BCUT2D eigenvalue weighted by molar-refractivity contribution is 9.10. The van der Waals surface area contributed by atoms with Gasteiger partial charge >= 0.3 is 0 Å². The zero-order chi connectivity index (χ0) is 15.6. The zero-order valence-corrected chi connectivity index (χ0v) is 14.0. The van der Waals surface area contributed by atoms with Crippen LogP contribution in [0.2, 0.25) is 10.0 Å². The quantitative estimate of drug-likeness (QED) is 0.858. The van der Waals surface area contributed by atoms with E-state index in [-0.39, 0.29) is 11.5 Å². The minimum atomic E-state index is -0.673. The summed E-state index contributed by atoms with van der Waals surface area (Å²) in [7, 11) is 0. The van der Waals surface area contributed by atoms with Crippen molar-refractivity contribution in [3.63, 3.8) is 0 Å². The molecule has 0 aliphatic heterocycles. The summed E-state index contributed by atoms with van der Waals surface area (Å²) in [6.45, 7) is 1.63. The lowest BCUT2D eigenvalue weighted by Gasteiger charge is -2.15. The predicted octanol–water partition coefficient (Wildman–Crippen LogP) is 4.12. The van der Waals surface area contributed by atoms with Crippen molar-refractivity contribution in [2.24, 2.45) is 0 Å². The number of carbonyl (C=O) groups excluding carboxylic acids is 1. The summed E-state index contributed by atoms with van der Waals surface area (Å²) in [6.07, 6.45) is 1.57. The van der Waals surface area contributed by atoms with E-state index in [0.717, 1.165) is 0 Å². The van der Waals surface area contributed by atoms with Gasteiger partial charge in [0.2, 0.25) is 5.91 Å². The van der Waals surface area contributed by atoms with Gasteiger partial charge in [-0.3, -0.25) is 9.59 Å². The topological polar surface area (TPSA) is 51.1 Å². The van der Waals surface area contributed by atoms with Crippen molar-refractivity contribution in [3.8, 4) is 0 Å². The van der Waals surface area contributed by atoms with Crippen LogP contribution in [0.1, 0.15) is 13.0 Å². The smallest absolute Gasteiger partial charge is 0.251 e. The molecule has 2 rings (SSSR count). The largest absolute Gasteiger partial charge is 0.324 e. The lowest BCUT2D eigenvalue weighted by molar-refractivity contribution is -0.118. The normalized spacial score (nSPS) is 12.0. The summed E-state index contributed by atoms with van der Waals surface area (Å²) in [5.41, 5.74) is 0.220. The maximum atomic E-state index is 12.2. The third-order valence-electron chi connectivity index (χ3n) is 2.83. The number of hydrogen-bond acceptors (Lipinski definition) is 2. The summed E-state index contributed by atoms with van der Waals surface area (Å²) in [4.78, 5) is 24.0. The molecular weight excluding hydrogens is 379 g/mol. The molecule has 7 heteroatoms. The Kier molecular flexibility index (Phi) is 5.08. The Morgan fingerprint density at radius 1 is 1.24 bits per heavy atom. The number of anilines is 1. The summed E-state index contributed by atoms with van der Waals surface area (Å²) in [5.74, 6) is -0.339. The van der Waals surface area contributed by atoms with Gasteiger partial charge in [-0.25, -0.2) is 0 Å². The summed E-state index contributed by atoms with van der Waals surface area (Å²) in [5, 5.41) is 3.53. The number of hydrogen-bond donors (Lipinski definition) is 1. The predicted molar refractivity (Wildman–Crippen MR) is 88.2 cm³/mol. The van der Waals surface area contributed by atoms with Gasteiger partial charge in [0, 0.05) is 32.5 Å². The molecule has 1 unspecified atom stereocenters. The molecule has 1 atom stereocenters. The number of nitrogens with one attached hydrogen (secondary N) is 1. The van der Waals surface area contributed by atoms with Crippen molar-refractivity contribution in [2.75, 3.05) is 5.32 Å². The average Bonchev–Trinajstić information content (AvgIpc) is 2.39. The fourth-order valence-corrected chi connectivity index (χ4v) is 2.66. The van der Waals surface area contributed by atoms with Gasteiger partial charge in [-0.15, -0.1) is 0 Å². The van der Waals surface area contributed by atoms with Gasteiger partial charge in [0.25, 0.3) is 5.56 Å². The summed E-state index contributed by atoms with van der Waals surface area (Å²) >= 11 is 15.0. The van der Waals surface area contributed by atoms with Crippen LogP contribution in [0.15, 0.2) is 45.8 Å². The maximum absolute atomic E-state index is 12.2. The molecule has 0 fully saturated rings. The number of pyridine rings is 1. The molecule has 2 aromatic rings. The van der Waals surface area contributed by atoms with Crippen LogP contribution < -0.4 is 10.9 Å². The van der Waals surface area contributed by atoms with Crippen molar-refractivity contribution in [1.29, 1.82) is 0 Å². The van der Waals surface area contributed by atoms with Gasteiger partial charge in [0.1, 0.15) is 6.04 Å². The first-order valence-electron chi connectivity index (χ1n) is 6.01. The molecule has 1 heterocycles. The summed E-state index contributed by atoms with van der Waals surface area (Å²) < 4.78 is 2.05. The Balaban J connectivity index is 2.23. The number of rotatable bonds is 3. The monoisotopic (exact) mass is 388 g/mol. The highest BCUT2D eigenvalue weighted by atomic mass is 79.9. The minimum absolute atomic E-state index is 0.259. The second-order valence-corrected chi connectivity index (χ2v) is 6.20. The molecule has 1 aromatic carbocycles. The van der Waals surface area contributed by atoms with E-state index in [2.05, 4.69) is 21.2 Å². The second-order valence-electron chi connectivity index (χ2n) is 4.42. The third-order valence-corrected chi connectivity index (χ3v) is 3.73. The van der Waals surface area contributed by atoms with Gasteiger partial charge in [0.05, 0.1) is 0 Å². The third kappa shape index (κ3) is 4.09. The molecule has 0 aliphatic carbocycles. The lowest BCUT2D eigenvalue weighted by Crippen LogP contribution is -2.30. The first-order valence-corrected chi connectivity index (χ1v) is 7.56. The molecule has 0 saturated heterocycles. The highest BCUT2D eigenvalue weighted by Gasteiger charge is 2.16. The van der Waals surface area contributed by atoms with Crippen molar-refractivity contribution >= 4 is 50.7 Å². The van der Waals surface area contributed by atoms with Crippen molar-refractivity contribution in [3.05, 3.63) is 61.4 Å². The van der Waals surface area contributed by atoms with Crippen LogP contribution >= 0.6 is 39.1 Å². The standard InChI is InChI=1S/C14H11BrCl2N2O2/c1-8(19-7-9(15)2-3-13(19)20)14(21)18-12-5-10(16)4-11(17)6-12/h2-8H,1H3,(H,18,21). The van der Waals surface area contributed by atoms with Crippen LogP contribution in [-0.2, 0) is 4.79 Å². The number of nitrogens with zero attached hydrogens (tertiary/aromatic N) is 1. The molecule has 1 amide bonds. The van der Waals surface area contributed by atoms with Crippen LogP contribution in [-0.4, -0.2) is 10.5 Å². The van der Waals surface area contributed by atoms with E-state index in [1.165, 1.54) is 10.6 Å². The molecule has 0 spiro atoms. The molecule has 110 valence electrons. The Morgan fingerprint density at radius 3 is 2.48 bits per heavy atom. The van der Waals surface area contributed by atoms with Crippen molar-refractivity contribution < 1.29 is 4.79 Å². The Hall–Kier alpha value is -1.30. The molecular formula is C14H11BrCl2N2O2. The fraction of sp³-hybridized carbons (Fsp3) is 0.143. The van der Waals surface area contributed by atoms with E-state index in [9.17, 15) is 9.59 Å². The van der Waals surface area contributed by atoms with Crippen LogP contribution in [0.4, 0.5) is 5.69 Å². The number of benzene rings is 1. The Labute approximate surface area is 139 Å². The van der Waals surface area contributed by atoms with Gasteiger partial charge in [-0.2, -0.15) is 0 Å². The van der Waals surface area contributed by atoms with E-state index in [4.69, 9.17) is 23.2 Å². The van der Waals surface area contributed by atoms with Crippen LogP contribution in [0.5, 0.6) is 0 Å². The molecule has 4 nitrogen and oxygen atoms in total. The van der Waals surface area contributed by atoms with E-state index >= 15 is 0 Å². The summed E-state index contributed by atoms with van der Waals surface area (Å²) in [6, 6.07) is 7.09. The van der Waals surface area contributed by atoms with Crippen LogP contribution in [0.25, 0.3) is 0 Å². The number of halogens is 3. The first kappa shape index (κ1) is 16.1. The molecule has 0 aliphatic rings. The molecule has 0 radical (unpaired) electrons. The van der Waals surface area contributed by atoms with Crippen molar-refractivity contribution in [1.82, 2.24) is 4.57 Å². The lowest BCUT2D eigenvalue weighted by atomic mass is 10.2. The maximum Gasteiger partial charge on any atom is 0.251 e. The minimum Gasteiger partial charge on any atom is -0.324 e. The number of aromatic nitrogens is 1. The van der Waals surface area contributed by atoms with E-state index < -0.39 is 6.04 Å². The van der Waals surface area contributed by atoms with E-state index in [0.29, 0.717) is 20.2 Å². The molecule has 0 bridgehead atoms. The van der Waals surface area contributed by atoms with Gasteiger partial charge in [-0.1, -0.05) is 23.2 Å². The van der Waals surface area contributed by atoms with Gasteiger partial charge in [-0.05, 0) is 47.1 Å². The van der Waals surface area contributed by atoms with E-state index in [1.54, 1.807) is 37.4 Å². The Morgan fingerprint density at radius 2 is 1.86 bits per heavy atom. The second kappa shape index (κ2) is 6.64. The molecule has 21 heavy (non-hydrogen) atoms. The van der Waals surface area contributed by atoms with Crippen LogP contribution in [0, 0.1) is 0 Å². The first-order chi connectivity index (χ1) is 9.86. The Bertz CT molecular complexity index is 726. The molecule has 1 N–H and O–H groups in total. The van der Waals surface area contributed by atoms with Gasteiger partial charge < -0.3 is 9.88 Å². The zero-order valence-electron chi connectivity index (χ0n) is 10.9. The molecule has 1 aromatic heterocycles.